The standard InChI is InChI=1S/C10H2N2O4/c1-3-9(5-7-11(13)14)10(4-2)6-8-12(15)16/h1-2H/b10-9+. The first kappa shape index (κ1) is 12.8. The van der Waals surface area contributed by atoms with Gasteiger partial charge in [0.1, 0.15) is 21.0 Å². The van der Waals surface area contributed by atoms with Crippen LogP contribution in [0, 0.1) is 68.8 Å². The quantitative estimate of drug-likeness (QED) is 0.246. The molecule has 0 bridgehead atoms. The number of allylic oxidation sites excluding steroid dienone is 2. The normalized spacial score (nSPS) is 8.88. The Morgan fingerprint density at radius 2 is 1.19 bits per heavy atom. The van der Waals surface area contributed by atoms with Crippen molar-refractivity contribution >= 4 is 0 Å². The molecule has 0 fully saturated rings. The van der Waals surface area contributed by atoms with Crippen LogP contribution in [-0.4, -0.2) is 9.85 Å². The number of rotatable bonds is 0. The maximum atomic E-state index is 9.94. The van der Waals surface area contributed by atoms with Gasteiger partial charge in [0, 0.05) is 11.8 Å². The summed E-state index contributed by atoms with van der Waals surface area (Å²) in [5, 5.41) is 19.9. The Morgan fingerprint density at radius 3 is 1.38 bits per heavy atom. The molecular formula is C10H2N2O4. The lowest BCUT2D eigenvalue weighted by molar-refractivity contribution is -0.379. The second kappa shape index (κ2) is 6.27. The highest BCUT2D eigenvalue weighted by Gasteiger charge is 1.99. The summed E-state index contributed by atoms with van der Waals surface area (Å²) in [6.45, 7) is 0. The molecule has 0 aliphatic rings. The third kappa shape index (κ3) is 4.72. The fourth-order valence-corrected chi connectivity index (χ4v) is 0.545. The summed E-state index contributed by atoms with van der Waals surface area (Å²) in [5.74, 6) is 7.87. The molecule has 0 aromatic rings. The largest absolute Gasteiger partial charge is 0.296 e. The topological polar surface area (TPSA) is 86.3 Å². The highest BCUT2D eigenvalue weighted by Crippen LogP contribution is 1.99. The molecule has 0 unspecified atom stereocenters. The molecule has 76 valence electrons. The first-order valence-corrected chi connectivity index (χ1v) is 3.50. The molecule has 0 aliphatic heterocycles. The fourth-order valence-electron chi connectivity index (χ4n) is 0.545. The van der Waals surface area contributed by atoms with Crippen LogP contribution < -0.4 is 0 Å². The lowest BCUT2D eigenvalue weighted by Crippen LogP contribution is -1.89. The highest BCUT2D eigenvalue weighted by molar-refractivity contribution is 5.58. The molecule has 0 saturated heterocycles. The lowest BCUT2D eigenvalue weighted by atomic mass is 10.1. The van der Waals surface area contributed by atoms with Crippen molar-refractivity contribution in [1.82, 2.24) is 0 Å². The molecule has 0 aromatic heterocycles. The van der Waals surface area contributed by atoms with E-state index in [4.69, 9.17) is 12.8 Å². The van der Waals surface area contributed by atoms with Gasteiger partial charge in [-0.15, -0.1) is 12.8 Å². The Morgan fingerprint density at radius 1 is 0.875 bits per heavy atom. The van der Waals surface area contributed by atoms with E-state index in [0.717, 1.165) is 0 Å². The van der Waals surface area contributed by atoms with Gasteiger partial charge in [-0.05, 0) is 0 Å². The molecule has 16 heavy (non-hydrogen) atoms. The van der Waals surface area contributed by atoms with E-state index in [0.29, 0.717) is 0 Å². The van der Waals surface area contributed by atoms with Crippen LogP contribution in [0.5, 0.6) is 0 Å². The van der Waals surface area contributed by atoms with Gasteiger partial charge in [0.15, 0.2) is 0 Å². The van der Waals surface area contributed by atoms with Crippen LogP contribution in [0.1, 0.15) is 0 Å². The third-order valence-corrected chi connectivity index (χ3v) is 1.08. The van der Waals surface area contributed by atoms with Crippen molar-refractivity contribution in [2.45, 2.75) is 0 Å². The Labute approximate surface area is 90.6 Å². The van der Waals surface area contributed by atoms with Crippen molar-refractivity contribution in [3.05, 3.63) is 31.4 Å². The van der Waals surface area contributed by atoms with Gasteiger partial charge in [0.25, 0.3) is 12.1 Å². The van der Waals surface area contributed by atoms with E-state index in [9.17, 15) is 20.2 Å². The predicted molar refractivity (Wildman–Crippen MR) is 54.2 cm³/mol. The van der Waals surface area contributed by atoms with E-state index in [1.54, 1.807) is 0 Å². The smallest absolute Gasteiger partial charge is 0.249 e. The Kier molecular flexibility index (Phi) is 5.01. The second-order valence-electron chi connectivity index (χ2n) is 2.03. The van der Waals surface area contributed by atoms with E-state index < -0.39 is 9.85 Å². The van der Waals surface area contributed by atoms with Crippen molar-refractivity contribution in [3.63, 3.8) is 0 Å². The summed E-state index contributed by atoms with van der Waals surface area (Å²) in [7, 11) is 0. The molecule has 0 heterocycles. The van der Waals surface area contributed by atoms with Crippen LogP contribution in [0.3, 0.4) is 0 Å². The number of nitrogens with zero attached hydrogens (tertiary/aromatic N) is 2. The molecule has 0 N–H and O–H groups in total. The zero-order valence-corrected chi connectivity index (χ0v) is 7.68. The van der Waals surface area contributed by atoms with E-state index in [1.807, 2.05) is 23.7 Å². The van der Waals surface area contributed by atoms with Crippen LogP contribution in [0.2, 0.25) is 0 Å². The predicted octanol–water partition coefficient (Wildman–Crippen LogP) is 0.0246. The van der Waals surface area contributed by atoms with Crippen LogP contribution in [-0.2, 0) is 0 Å². The zero-order chi connectivity index (χ0) is 12.6. The molecule has 0 amide bonds. The van der Waals surface area contributed by atoms with E-state index in [-0.39, 0.29) is 11.1 Å². The first-order chi connectivity index (χ1) is 7.51. The second-order valence-corrected chi connectivity index (χ2v) is 2.03. The number of nitro groups is 2. The van der Waals surface area contributed by atoms with Crippen LogP contribution in [0.4, 0.5) is 0 Å². The Bertz CT molecular complexity index is 512. The minimum Gasteiger partial charge on any atom is -0.249 e. The minimum atomic E-state index is -0.924. The van der Waals surface area contributed by atoms with E-state index >= 15 is 0 Å². The Balaban J connectivity index is 5.50. The number of terminal acetylenes is 2. The van der Waals surface area contributed by atoms with Gasteiger partial charge in [-0.2, -0.15) is 0 Å². The molecule has 0 atom stereocenters. The summed E-state index contributed by atoms with van der Waals surface area (Å²) in [6, 6.07) is 3.08. The number of hydrogen-bond acceptors (Lipinski definition) is 4. The van der Waals surface area contributed by atoms with Gasteiger partial charge in [-0.3, -0.25) is 0 Å². The molecule has 6 nitrogen and oxygen atoms in total. The SMILES string of the molecule is C#C/C(C#C[N+](=O)[O-])=C(/C#C)C#C[N+](=O)[O-]. The molecule has 6 heteroatoms. The van der Waals surface area contributed by atoms with E-state index in [2.05, 4.69) is 0 Å². The van der Waals surface area contributed by atoms with Crippen molar-refractivity contribution in [2.24, 2.45) is 0 Å². The Hall–Kier alpha value is -3.22. The third-order valence-electron chi connectivity index (χ3n) is 1.08. The molecule has 0 spiro atoms. The minimum absolute atomic E-state index is 0.242. The molecule has 0 aliphatic carbocycles. The summed E-state index contributed by atoms with van der Waals surface area (Å²) in [4.78, 5) is 18.0. The van der Waals surface area contributed by atoms with Gasteiger partial charge in [-0.1, -0.05) is 11.8 Å². The van der Waals surface area contributed by atoms with Gasteiger partial charge in [-0.25, -0.2) is 20.2 Å². The summed E-state index contributed by atoms with van der Waals surface area (Å²) in [5.41, 5.74) is -0.484. The van der Waals surface area contributed by atoms with Crippen molar-refractivity contribution in [3.8, 4) is 48.6 Å². The van der Waals surface area contributed by atoms with E-state index in [1.165, 1.54) is 12.1 Å². The van der Waals surface area contributed by atoms with Crippen LogP contribution >= 0.6 is 0 Å². The highest BCUT2D eigenvalue weighted by atomic mass is 16.6. The van der Waals surface area contributed by atoms with Gasteiger partial charge >= 0.3 is 0 Å². The average molecular weight is 214 g/mol. The zero-order valence-electron chi connectivity index (χ0n) is 7.68. The molecule has 0 saturated carbocycles. The molecule has 0 radical (unpaired) electrons. The maximum Gasteiger partial charge on any atom is 0.296 e. The first-order valence-electron chi connectivity index (χ1n) is 3.50. The maximum absolute atomic E-state index is 9.94. The molecule has 0 aromatic carbocycles. The monoisotopic (exact) mass is 214 g/mol. The van der Waals surface area contributed by atoms with Gasteiger partial charge in [0.2, 0.25) is 0 Å². The fraction of sp³-hybridized carbons (Fsp3) is 0. The van der Waals surface area contributed by atoms with Crippen LogP contribution in [0.15, 0.2) is 11.1 Å². The lowest BCUT2D eigenvalue weighted by Gasteiger charge is -1.85. The summed E-state index contributed by atoms with van der Waals surface area (Å²) < 4.78 is 0. The van der Waals surface area contributed by atoms with Crippen molar-refractivity contribution in [1.29, 1.82) is 0 Å². The summed E-state index contributed by atoms with van der Waals surface area (Å²) in [6.07, 6.45) is 9.95. The van der Waals surface area contributed by atoms with Crippen molar-refractivity contribution in [2.75, 3.05) is 0 Å². The molecular weight excluding hydrogens is 212 g/mol. The van der Waals surface area contributed by atoms with Gasteiger partial charge in [0.05, 0.1) is 0 Å². The van der Waals surface area contributed by atoms with Crippen molar-refractivity contribution < 1.29 is 9.85 Å². The van der Waals surface area contributed by atoms with Gasteiger partial charge < -0.3 is 0 Å². The van der Waals surface area contributed by atoms with Crippen LogP contribution in [0.25, 0.3) is 0 Å². The molecule has 0 rings (SSSR count). The average Bonchev–Trinajstić information content (AvgIpc) is 2.22. The summed E-state index contributed by atoms with van der Waals surface area (Å²) >= 11 is 0. The number of hydrogen-bond donors (Lipinski definition) is 0.